The van der Waals surface area contributed by atoms with Crippen molar-refractivity contribution >= 4 is 0 Å². The Labute approximate surface area is 92.9 Å². The lowest BCUT2D eigenvalue weighted by Crippen LogP contribution is -2.19. The highest BCUT2D eigenvalue weighted by Crippen LogP contribution is 1.98. The molecule has 0 atom stereocenters. The van der Waals surface area contributed by atoms with E-state index < -0.39 is 0 Å². The van der Waals surface area contributed by atoms with Gasteiger partial charge in [0.25, 0.3) is 0 Å². The first-order chi connectivity index (χ1) is 7.34. The van der Waals surface area contributed by atoms with Crippen molar-refractivity contribution in [1.29, 1.82) is 0 Å². The van der Waals surface area contributed by atoms with Gasteiger partial charge in [0.2, 0.25) is 0 Å². The molecule has 1 N–H and O–H groups in total. The Bertz CT molecular complexity index is 255. The molecule has 1 aromatic heterocycles. The van der Waals surface area contributed by atoms with Crippen LogP contribution in [0.5, 0.6) is 0 Å². The Morgan fingerprint density at radius 2 is 2.13 bits per heavy atom. The number of nitrogens with zero attached hydrogens (tertiary/aromatic N) is 2. The Morgan fingerprint density at radius 3 is 2.80 bits per heavy atom. The van der Waals surface area contributed by atoms with Crippen molar-refractivity contribution in [3.8, 4) is 0 Å². The number of unbranched alkanes of at least 4 members (excludes halogenated alkanes) is 3. The van der Waals surface area contributed by atoms with Gasteiger partial charge in [-0.1, -0.05) is 26.2 Å². The lowest BCUT2D eigenvalue weighted by Gasteiger charge is -2.04. The molecule has 0 aliphatic rings. The van der Waals surface area contributed by atoms with Crippen LogP contribution in [0, 0.1) is 0 Å². The summed E-state index contributed by atoms with van der Waals surface area (Å²) in [4.78, 5) is 0. The molecule has 0 spiro atoms. The summed E-state index contributed by atoms with van der Waals surface area (Å²) in [5.74, 6) is 0. The van der Waals surface area contributed by atoms with Gasteiger partial charge in [-0.15, -0.1) is 0 Å². The molecule has 15 heavy (non-hydrogen) atoms. The third kappa shape index (κ3) is 4.98. The molecule has 3 heteroatoms. The molecule has 0 fully saturated rings. The van der Waals surface area contributed by atoms with Crippen molar-refractivity contribution in [1.82, 2.24) is 15.1 Å². The van der Waals surface area contributed by atoms with Crippen LogP contribution in [-0.2, 0) is 13.5 Å². The molecule has 0 aromatic carbocycles. The molecular formula is C12H23N3. The van der Waals surface area contributed by atoms with Gasteiger partial charge in [-0.05, 0) is 19.0 Å². The standard InChI is InChI=1S/C12H23N3/c1-3-4-5-6-9-13-10-7-12-8-11-14-15(12)2/h8,11,13H,3-7,9-10H2,1-2H3. The summed E-state index contributed by atoms with van der Waals surface area (Å²) in [6.07, 6.45) is 8.27. The molecule has 0 unspecified atom stereocenters. The average Bonchev–Trinajstić information content (AvgIpc) is 2.63. The van der Waals surface area contributed by atoms with Gasteiger partial charge in [-0.25, -0.2) is 0 Å². The summed E-state index contributed by atoms with van der Waals surface area (Å²) in [6.45, 7) is 4.46. The van der Waals surface area contributed by atoms with Gasteiger partial charge < -0.3 is 5.32 Å². The van der Waals surface area contributed by atoms with Crippen LogP contribution in [0.1, 0.15) is 38.3 Å². The summed E-state index contributed by atoms with van der Waals surface area (Å²) in [5, 5.41) is 7.61. The predicted molar refractivity (Wildman–Crippen MR) is 63.9 cm³/mol. The first-order valence-corrected chi connectivity index (χ1v) is 6.02. The lowest BCUT2D eigenvalue weighted by molar-refractivity contribution is 0.588. The number of hydrogen-bond donors (Lipinski definition) is 1. The van der Waals surface area contributed by atoms with Crippen molar-refractivity contribution in [2.75, 3.05) is 13.1 Å². The maximum atomic E-state index is 4.14. The highest BCUT2D eigenvalue weighted by Gasteiger charge is 1.96. The molecule has 86 valence electrons. The second kappa shape index (κ2) is 7.46. The average molecular weight is 209 g/mol. The molecular weight excluding hydrogens is 186 g/mol. The molecule has 0 amide bonds. The maximum absolute atomic E-state index is 4.14. The summed E-state index contributed by atoms with van der Waals surface area (Å²) >= 11 is 0. The zero-order valence-electron chi connectivity index (χ0n) is 10.00. The van der Waals surface area contributed by atoms with Crippen LogP contribution in [0.25, 0.3) is 0 Å². The Balaban J connectivity index is 1.96. The normalized spacial score (nSPS) is 10.8. The highest BCUT2D eigenvalue weighted by molar-refractivity contribution is 5.00. The Hall–Kier alpha value is -0.830. The molecule has 0 saturated carbocycles. The van der Waals surface area contributed by atoms with Crippen molar-refractivity contribution < 1.29 is 0 Å². The van der Waals surface area contributed by atoms with Gasteiger partial charge in [0.15, 0.2) is 0 Å². The van der Waals surface area contributed by atoms with Gasteiger partial charge in [-0.2, -0.15) is 5.10 Å². The van der Waals surface area contributed by atoms with Crippen molar-refractivity contribution in [2.45, 2.75) is 39.0 Å². The minimum absolute atomic E-state index is 1.06. The minimum atomic E-state index is 1.06. The van der Waals surface area contributed by atoms with E-state index in [-0.39, 0.29) is 0 Å². The molecule has 0 aliphatic carbocycles. The van der Waals surface area contributed by atoms with Crippen LogP contribution in [0.15, 0.2) is 12.3 Å². The van der Waals surface area contributed by atoms with E-state index in [1.165, 1.54) is 31.4 Å². The number of rotatable bonds is 8. The van der Waals surface area contributed by atoms with E-state index in [2.05, 4.69) is 23.4 Å². The molecule has 1 aromatic rings. The molecule has 0 saturated heterocycles. The second-order valence-corrected chi connectivity index (χ2v) is 4.01. The van der Waals surface area contributed by atoms with E-state index in [1.54, 1.807) is 0 Å². The molecule has 1 heterocycles. The predicted octanol–water partition coefficient (Wildman–Crippen LogP) is 2.13. The zero-order valence-corrected chi connectivity index (χ0v) is 10.00. The topological polar surface area (TPSA) is 29.9 Å². The SMILES string of the molecule is CCCCCCNCCc1ccnn1C. The van der Waals surface area contributed by atoms with Gasteiger partial charge >= 0.3 is 0 Å². The van der Waals surface area contributed by atoms with Crippen LogP contribution in [0.2, 0.25) is 0 Å². The number of aromatic nitrogens is 2. The number of nitrogens with one attached hydrogen (secondary N) is 1. The Kier molecular flexibility index (Phi) is 6.09. The van der Waals surface area contributed by atoms with Crippen LogP contribution in [-0.4, -0.2) is 22.9 Å². The van der Waals surface area contributed by atoms with Crippen LogP contribution in [0.3, 0.4) is 0 Å². The highest BCUT2D eigenvalue weighted by atomic mass is 15.3. The molecule has 1 rings (SSSR count). The van der Waals surface area contributed by atoms with Gasteiger partial charge in [0.05, 0.1) is 0 Å². The van der Waals surface area contributed by atoms with E-state index in [0.717, 1.165) is 19.5 Å². The third-order valence-corrected chi connectivity index (χ3v) is 2.69. The fourth-order valence-electron chi connectivity index (χ4n) is 1.66. The largest absolute Gasteiger partial charge is 0.316 e. The van der Waals surface area contributed by atoms with E-state index in [0.29, 0.717) is 0 Å². The monoisotopic (exact) mass is 209 g/mol. The van der Waals surface area contributed by atoms with Crippen molar-refractivity contribution in [3.63, 3.8) is 0 Å². The van der Waals surface area contributed by atoms with Crippen LogP contribution < -0.4 is 5.32 Å². The maximum Gasteiger partial charge on any atom is 0.0492 e. The lowest BCUT2D eigenvalue weighted by atomic mass is 10.2. The number of aryl methyl sites for hydroxylation is 1. The fraction of sp³-hybridized carbons (Fsp3) is 0.750. The molecule has 0 radical (unpaired) electrons. The first-order valence-electron chi connectivity index (χ1n) is 6.02. The molecule has 3 nitrogen and oxygen atoms in total. The molecule has 0 aliphatic heterocycles. The van der Waals surface area contributed by atoms with E-state index in [9.17, 15) is 0 Å². The van der Waals surface area contributed by atoms with Crippen molar-refractivity contribution in [3.05, 3.63) is 18.0 Å². The van der Waals surface area contributed by atoms with Gasteiger partial charge in [0.1, 0.15) is 0 Å². The molecule has 0 bridgehead atoms. The first kappa shape index (κ1) is 12.2. The zero-order chi connectivity index (χ0) is 10.9. The van der Waals surface area contributed by atoms with Crippen molar-refractivity contribution in [2.24, 2.45) is 7.05 Å². The summed E-state index contributed by atoms with van der Waals surface area (Å²) < 4.78 is 1.94. The van der Waals surface area contributed by atoms with Crippen LogP contribution in [0.4, 0.5) is 0 Å². The van der Waals surface area contributed by atoms with Gasteiger partial charge in [0, 0.05) is 31.9 Å². The quantitative estimate of drug-likeness (QED) is 0.665. The summed E-state index contributed by atoms with van der Waals surface area (Å²) in [6, 6.07) is 2.08. The summed E-state index contributed by atoms with van der Waals surface area (Å²) in [5.41, 5.74) is 1.30. The summed E-state index contributed by atoms with van der Waals surface area (Å²) in [7, 11) is 2.00. The van der Waals surface area contributed by atoms with Gasteiger partial charge in [-0.3, -0.25) is 4.68 Å². The number of hydrogen-bond acceptors (Lipinski definition) is 2. The minimum Gasteiger partial charge on any atom is -0.316 e. The smallest absolute Gasteiger partial charge is 0.0492 e. The van der Waals surface area contributed by atoms with E-state index >= 15 is 0 Å². The van der Waals surface area contributed by atoms with E-state index in [1.807, 2.05) is 17.9 Å². The van der Waals surface area contributed by atoms with E-state index in [4.69, 9.17) is 0 Å². The fourth-order valence-corrected chi connectivity index (χ4v) is 1.66. The third-order valence-electron chi connectivity index (χ3n) is 2.69. The Morgan fingerprint density at radius 1 is 1.27 bits per heavy atom. The van der Waals surface area contributed by atoms with Crippen LogP contribution >= 0.6 is 0 Å². The second-order valence-electron chi connectivity index (χ2n) is 4.01.